The van der Waals surface area contributed by atoms with Crippen LogP contribution in [0.25, 0.3) is 0 Å². The van der Waals surface area contributed by atoms with Crippen LogP contribution in [0.3, 0.4) is 0 Å². The number of halogens is 1. The van der Waals surface area contributed by atoms with Crippen LogP contribution in [-0.2, 0) is 6.42 Å². The first-order valence-corrected chi connectivity index (χ1v) is 7.27. The molecule has 1 nitrogen and oxygen atoms in total. The Bertz CT molecular complexity index is 590. The lowest BCUT2D eigenvalue weighted by atomic mass is 9.96. The SMILES string of the molecule is Cc1ccc(CC(O)c2cccc(Br)c2C)cc1C. The summed E-state index contributed by atoms with van der Waals surface area (Å²) in [6.07, 6.45) is 0.193. The minimum absolute atomic E-state index is 0.459. The third-order valence-corrected chi connectivity index (χ3v) is 4.53. The molecular weight excluding hydrogens is 300 g/mol. The normalized spacial score (nSPS) is 12.5. The topological polar surface area (TPSA) is 20.2 Å². The van der Waals surface area contributed by atoms with Crippen LogP contribution in [0.5, 0.6) is 0 Å². The van der Waals surface area contributed by atoms with Crippen molar-refractivity contribution in [3.63, 3.8) is 0 Å². The maximum Gasteiger partial charge on any atom is 0.0833 e. The summed E-state index contributed by atoms with van der Waals surface area (Å²) in [5.74, 6) is 0. The predicted molar refractivity (Wildman–Crippen MR) is 83.5 cm³/mol. The summed E-state index contributed by atoms with van der Waals surface area (Å²) in [6.45, 7) is 6.24. The van der Waals surface area contributed by atoms with E-state index in [2.05, 4.69) is 48.0 Å². The molecule has 0 aliphatic rings. The molecule has 19 heavy (non-hydrogen) atoms. The van der Waals surface area contributed by atoms with Crippen LogP contribution in [0, 0.1) is 20.8 Å². The predicted octanol–water partition coefficient (Wildman–Crippen LogP) is 4.65. The van der Waals surface area contributed by atoms with Crippen molar-refractivity contribution >= 4 is 15.9 Å². The number of rotatable bonds is 3. The van der Waals surface area contributed by atoms with Gasteiger partial charge in [-0.25, -0.2) is 0 Å². The molecular formula is C17H19BrO. The number of benzene rings is 2. The second-order valence-electron chi connectivity index (χ2n) is 5.09. The van der Waals surface area contributed by atoms with Gasteiger partial charge in [-0.05, 0) is 54.7 Å². The Morgan fingerprint density at radius 2 is 1.79 bits per heavy atom. The molecule has 2 heteroatoms. The van der Waals surface area contributed by atoms with Crippen LogP contribution in [0.15, 0.2) is 40.9 Å². The van der Waals surface area contributed by atoms with Crippen LogP contribution in [-0.4, -0.2) is 5.11 Å². The van der Waals surface area contributed by atoms with Gasteiger partial charge < -0.3 is 5.11 Å². The van der Waals surface area contributed by atoms with E-state index in [1.165, 1.54) is 16.7 Å². The fourth-order valence-electron chi connectivity index (χ4n) is 2.25. The highest BCUT2D eigenvalue weighted by Crippen LogP contribution is 2.27. The Morgan fingerprint density at radius 1 is 1.05 bits per heavy atom. The average Bonchev–Trinajstić information content (AvgIpc) is 2.37. The average molecular weight is 319 g/mol. The maximum atomic E-state index is 10.4. The minimum Gasteiger partial charge on any atom is -0.388 e. The van der Waals surface area contributed by atoms with Crippen LogP contribution in [0.1, 0.15) is 33.9 Å². The molecule has 2 rings (SSSR count). The van der Waals surface area contributed by atoms with Gasteiger partial charge in [-0.1, -0.05) is 46.3 Å². The van der Waals surface area contributed by atoms with Gasteiger partial charge in [0.1, 0.15) is 0 Å². The Balaban J connectivity index is 2.23. The summed E-state index contributed by atoms with van der Waals surface area (Å²) >= 11 is 3.51. The van der Waals surface area contributed by atoms with Crippen LogP contribution in [0.2, 0.25) is 0 Å². The number of aryl methyl sites for hydroxylation is 2. The highest BCUT2D eigenvalue weighted by atomic mass is 79.9. The van der Waals surface area contributed by atoms with Crippen molar-refractivity contribution in [2.75, 3.05) is 0 Å². The molecule has 0 bridgehead atoms. The van der Waals surface area contributed by atoms with Crippen molar-refractivity contribution in [1.82, 2.24) is 0 Å². The van der Waals surface area contributed by atoms with Crippen LogP contribution < -0.4 is 0 Å². The largest absolute Gasteiger partial charge is 0.388 e. The molecule has 1 unspecified atom stereocenters. The lowest BCUT2D eigenvalue weighted by molar-refractivity contribution is 0.177. The zero-order valence-corrected chi connectivity index (χ0v) is 13.2. The zero-order chi connectivity index (χ0) is 14.0. The second kappa shape index (κ2) is 5.89. The molecule has 0 aliphatic carbocycles. The highest BCUT2D eigenvalue weighted by molar-refractivity contribution is 9.10. The first kappa shape index (κ1) is 14.3. The Kier molecular flexibility index (Phi) is 4.43. The van der Waals surface area contributed by atoms with Crippen molar-refractivity contribution in [3.8, 4) is 0 Å². The lowest BCUT2D eigenvalue weighted by Crippen LogP contribution is -2.04. The van der Waals surface area contributed by atoms with E-state index in [-0.39, 0.29) is 0 Å². The summed E-state index contributed by atoms with van der Waals surface area (Å²) in [5.41, 5.74) is 5.84. The van der Waals surface area contributed by atoms with E-state index in [4.69, 9.17) is 0 Å². The fourth-order valence-corrected chi connectivity index (χ4v) is 2.63. The standard InChI is InChI=1S/C17H19BrO/c1-11-7-8-14(9-12(11)2)10-17(19)15-5-4-6-16(18)13(15)3/h4-9,17,19H,10H2,1-3H3. The zero-order valence-electron chi connectivity index (χ0n) is 11.6. The quantitative estimate of drug-likeness (QED) is 0.873. The van der Waals surface area contributed by atoms with Crippen molar-refractivity contribution < 1.29 is 5.11 Å². The van der Waals surface area contributed by atoms with E-state index >= 15 is 0 Å². The molecule has 2 aromatic rings. The lowest BCUT2D eigenvalue weighted by Gasteiger charge is -2.15. The van der Waals surface area contributed by atoms with Crippen LogP contribution in [0.4, 0.5) is 0 Å². The molecule has 2 aromatic carbocycles. The van der Waals surface area contributed by atoms with Gasteiger partial charge in [-0.15, -0.1) is 0 Å². The van der Waals surface area contributed by atoms with Gasteiger partial charge in [-0.2, -0.15) is 0 Å². The third kappa shape index (κ3) is 3.26. The van der Waals surface area contributed by atoms with Gasteiger partial charge in [0, 0.05) is 10.9 Å². The molecule has 0 spiro atoms. The number of hydrogen-bond donors (Lipinski definition) is 1. The van der Waals surface area contributed by atoms with Crippen LogP contribution >= 0.6 is 15.9 Å². The Labute approximate surface area is 123 Å². The molecule has 0 saturated carbocycles. The molecule has 100 valence electrons. The van der Waals surface area contributed by atoms with Gasteiger partial charge in [0.05, 0.1) is 6.10 Å². The molecule has 0 saturated heterocycles. The number of hydrogen-bond acceptors (Lipinski definition) is 1. The van der Waals surface area contributed by atoms with E-state index in [1.807, 2.05) is 25.1 Å². The molecule has 0 amide bonds. The van der Waals surface area contributed by atoms with Crippen molar-refractivity contribution in [2.45, 2.75) is 33.3 Å². The molecule has 0 heterocycles. The summed E-state index contributed by atoms with van der Waals surface area (Å²) in [7, 11) is 0. The highest BCUT2D eigenvalue weighted by Gasteiger charge is 2.12. The van der Waals surface area contributed by atoms with Crippen molar-refractivity contribution in [1.29, 1.82) is 0 Å². The van der Waals surface area contributed by atoms with Gasteiger partial charge in [0.25, 0.3) is 0 Å². The van der Waals surface area contributed by atoms with E-state index in [0.717, 1.165) is 15.6 Å². The Hall–Kier alpha value is -1.12. The monoisotopic (exact) mass is 318 g/mol. The molecule has 0 fully saturated rings. The molecule has 0 aromatic heterocycles. The van der Waals surface area contributed by atoms with Crippen molar-refractivity contribution in [3.05, 3.63) is 68.7 Å². The molecule has 1 N–H and O–H groups in total. The van der Waals surface area contributed by atoms with Gasteiger partial charge in [-0.3, -0.25) is 0 Å². The van der Waals surface area contributed by atoms with E-state index < -0.39 is 6.10 Å². The third-order valence-electron chi connectivity index (χ3n) is 3.67. The summed E-state index contributed by atoms with van der Waals surface area (Å²) < 4.78 is 1.05. The molecule has 0 aliphatic heterocycles. The summed E-state index contributed by atoms with van der Waals surface area (Å²) in [4.78, 5) is 0. The van der Waals surface area contributed by atoms with E-state index in [9.17, 15) is 5.11 Å². The van der Waals surface area contributed by atoms with Gasteiger partial charge in [0.15, 0.2) is 0 Å². The smallest absolute Gasteiger partial charge is 0.0833 e. The summed E-state index contributed by atoms with van der Waals surface area (Å²) in [5, 5.41) is 10.4. The minimum atomic E-state index is -0.459. The number of aliphatic hydroxyl groups is 1. The van der Waals surface area contributed by atoms with Gasteiger partial charge >= 0.3 is 0 Å². The summed E-state index contributed by atoms with van der Waals surface area (Å²) in [6, 6.07) is 12.3. The van der Waals surface area contributed by atoms with E-state index in [1.54, 1.807) is 0 Å². The molecule has 1 atom stereocenters. The van der Waals surface area contributed by atoms with Gasteiger partial charge in [0.2, 0.25) is 0 Å². The van der Waals surface area contributed by atoms with Crippen molar-refractivity contribution in [2.24, 2.45) is 0 Å². The molecule has 0 radical (unpaired) electrons. The Morgan fingerprint density at radius 3 is 2.47 bits per heavy atom. The fraction of sp³-hybridized carbons (Fsp3) is 0.294. The first-order valence-electron chi connectivity index (χ1n) is 6.48. The maximum absolute atomic E-state index is 10.4. The van der Waals surface area contributed by atoms with E-state index in [0.29, 0.717) is 6.42 Å². The number of aliphatic hydroxyl groups excluding tert-OH is 1. The second-order valence-corrected chi connectivity index (χ2v) is 5.95. The first-order chi connectivity index (χ1) is 8.99.